The van der Waals surface area contributed by atoms with Crippen LogP contribution in [0.15, 0.2) is 41.0 Å². The van der Waals surface area contributed by atoms with Crippen LogP contribution in [-0.2, 0) is 6.54 Å². The molecule has 96 valence electrons. The molecule has 0 aliphatic heterocycles. The van der Waals surface area contributed by atoms with Crippen molar-refractivity contribution in [1.29, 1.82) is 0 Å². The van der Waals surface area contributed by atoms with Crippen LogP contribution in [0.1, 0.15) is 11.3 Å². The van der Waals surface area contributed by atoms with E-state index in [1.807, 2.05) is 31.3 Å². The van der Waals surface area contributed by atoms with Gasteiger partial charge >= 0.3 is 0 Å². The molecule has 1 aromatic carbocycles. The number of rotatable bonds is 3. The van der Waals surface area contributed by atoms with Gasteiger partial charge in [0, 0.05) is 22.9 Å². The smallest absolute Gasteiger partial charge is 0.184 e. The molecule has 3 nitrogen and oxygen atoms in total. The van der Waals surface area contributed by atoms with Gasteiger partial charge in [-0.3, -0.25) is 4.98 Å². The second-order valence-electron chi connectivity index (χ2n) is 4.29. The fourth-order valence-electron chi connectivity index (χ4n) is 1.76. The van der Waals surface area contributed by atoms with Crippen LogP contribution in [0, 0.1) is 6.92 Å². The minimum Gasteiger partial charge on any atom is -0.357 e. The van der Waals surface area contributed by atoms with Crippen LogP contribution in [0.2, 0.25) is 0 Å². The number of aromatic nitrogens is 2. The van der Waals surface area contributed by atoms with Crippen molar-refractivity contribution in [2.45, 2.75) is 13.5 Å². The van der Waals surface area contributed by atoms with Crippen molar-refractivity contribution < 1.29 is 0 Å². The summed E-state index contributed by atoms with van der Waals surface area (Å²) in [6, 6.07) is 10.3. The van der Waals surface area contributed by atoms with E-state index in [-0.39, 0.29) is 0 Å². The van der Waals surface area contributed by atoms with Crippen molar-refractivity contribution in [1.82, 2.24) is 9.97 Å². The molecule has 19 heavy (non-hydrogen) atoms. The summed E-state index contributed by atoms with van der Waals surface area (Å²) in [6.07, 6.45) is 1.90. The number of thiazole rings is 1. The first-order valence-electron chi connectivity index (χ1n) is 5.92. The van der Waals surface area contributed by atoms with Crippen LogP contribution in [-0.4, -0.2) is 9.97 Å². The lowest BCUT2D eigenvalue weighted by Crippen LogP contribution is -1.99. The van der Waals surface area contributed by atoms with E-state index in [2.05, 4.69) is 43.3 Å². The lowest BCUT2D eigenvalue weighted by molar-refractivity contribution is 1.08. The summed E-state index contributed by atoms with van der Waals surface area (Å²) in [4.78, 5) is 8.85. The number of hydrogen-bond acceptors (Lipinski definition) is 4. The lowest BCUT2D eigenvalue weighted by atomic mass is 10.2. The van der Waals surface area contributed by atoms with Crippen LogP contribution in [0.4, 0.5) is 5.13 Å². The molecule has 0 radical (unpaired) electrons. The Hall–Kier alpha value is -1.46. The first-order chi connectivity index (χ1) is 9.20. The van der Waals surface area contributed by atoms with Crippen LogP contribution in [0.5, 0.6) is 0 Å². The molecule has 0 bridgehead atoms. The highest BCUT2D eigenvalue weighted by molar-refractivity contribution is 9.10. The lowest BCUT2D eigenvalue weighted by Gasteiger charge is -2.02. The molecule has 2 heterocycles. The topological polar surface area (TPSA) is 37.8 Å². The van der Waals surface area contributed by atoms with Gasteiger partial charge in [-0.1, -0.05) is 33.3 Å². The second-order valence-corrected chi connectivity index (χ2v) is 6.24. The number of fused-ring (bicyclic) bond motifs is 1. The molecule has 0 saturated heterocycles. The number of benzene rings is 1. The minimum atomic E-state index is 0.744. The highest BCUT2D eigenvalue weighted by Gasteiger charge is 2.04. The molecule has 0 spiro atoms. The molecular formula is C14H12BrN3S. The van der Waals surface area contributed by atoms with E-state index in [1.54, 1.807) is 11.3 Å². The Labute approximate surface area is 123 Å². The van der Waals surface area contributed by atoms with Gasteiger partial charge in [0.1, 0.15) is 0 Å². The largest absolute Gasteiger partial charge is 0.357 e. The maximum atomic E-state index is 4.56. The molecule has 2 aromatic heterocycles. The van der Waals surface area contributed by atoms with Gasteiger partial charge < -0.3 is 5.32 Å². The molecule has 0 saturated carbocycles. The van der Waals surface area contributed by atoms with Crippen molar-refractivity contribution in [3.05, 3.63) is 52.3 Å². The number of pyridine rings is 1. The van der Waals surface area contributed by atoms with Crippen molar-refractivity contribution in [2.75, 3.05) is 5.32 Å². The van der Waals surface area contributed by atoms with Crippen LogP contribution < -0.4 is 5.32 Å². The van der Waals surface area contributed by atoms with E-state index in [1.165, 1.54) is 4.70 Å². The predicted molar refractivity (Wildman–Crippen MR) is 83.6 cm³/mol. The molecule has 0 amide bonds. The first kappa shape index (κ1) is 12.6. The number of nitrogens with one attached hydrogen (secondary N) is 1. The van der Waals surface area contributed by atoms with Gasteiger partial charge in [0.25, 0.3) is 0 Å². The molecule has 0 fully saturated rings. The fourth-order valence-corrected chi connectivity index (χ4v) is 2.95. The second kappa shape index (κ2) is 5.27. The van der Waals surface area contributed by atoms with Crippen LogP contribution in [0.25, 0.3) is 10.2 Å². The Bertz CT molecular complexity index is 706. The number of anilines is 1. The van der Waals surface area contributed by atoms with Crippen molar-refractivity contribution in [3.63, 3.8) is 0 Å². The summed E-state index contributed by atoms with van der Waals surface area (Å²) in [6.45, 7) is 2.73. The first-order valence-corrected chi connectivity index (χ1v) is 7.53. The van der Waals surface area contributed by atoms with E-state index < -0.39 is 0 Å². The average molecular weight is 334 g/mol. The van der Waals surface area contributed by atoms with Crippen molar-refractivity contribution in [2.24, 2.45) is 0 Å². The minimum absolute atomic E-state index is 0.744. The molecular weight excluding hydrogens is 322 g/mol. The van der Waals surface area contributed by atoms with Gasteiger partial charge in [-0.25, -0.2) is 4.98 Å². The summed E-state index contributed by atoms with van der Waals surface area (Å²) in [5.74, 6) is 0. The molecule has 3 aromatic rings. The average Bonchev–Trinajstić information content (AvgIpc) is 2.80. The van der Waals surface area contributed by atoms with Gasteiger partial charge in [0.05, 0.1) is 10.2 Å². The molecule has 1 N–H and O–H groups in total. The fraction of sp³-hybridized carbons (Fsp3) is 0.143. The van der Waals surface area contributed by atoms with Crippen LogP contribution >= 0.6 is 27.3 Å². The Morgan fingerprint density at radius 2 is 2.16 bits per heavy atom. The predicted octanol–water partition coefficient (Wildman–Crippen LogP) is 4.37. The number of aryl methyl sites for hydroxylation is 1. The number of nitrogens with zero attached hydrogens (tertiary/aromatic N) is 2. The Morgan fingerprint density at radius 3 is 2.95 bits per heavy atom. The Kier molecular flexibility index (Phi) is 3.48. The standard InChI is InChI=1S/C14H12BrN3S/c1-9-2-3-10(7-16-9)8-17-14-18-12-6-11(15)4-5-13(12)19-14/h2-7H,8H2,1H3,(H,17,18). The summed E-state index contributed by atoms with van der Waals surface area (Å²) in [5.41, 5.74) is 3.21. The maximum absolute atomic E-state index is 4.56. The van der Waals surface area contributed by atoms with Gasteiger partial charge in [0.2, 0.25) is 0 Å². The third-order valence-electron chi connectivity index (χ3n) is 2.77. The molecule has 3 rings (SSSR count). The van der Waals surface area contributed by atoms with E-state index in [0.29, 0.717) is 0 Å². The van der Waals surface area contributed by atoms with Crippen LogP contribution in [0.3, 0.4) is 0 Å². The molecule has 5 heteroatoms. The number of hydrogen-bond donors (Lipinski definition) is 1. The van der Waals surface area contributed by atoms with E-state index in [4.69, 9.17) is 0 Å². The third kappa shape index (κ3) is 2.93. The quantitative estimate of drug-likeness (QED) is 0.773. The molecule has 0 aliphatic rings. The van der Waals surface area contributed by atoms with Gasteiger partial charge in [-0.2, -0.15) is 0 Å². The molecule has 0 unspecified atom stereocenters. The Balaban J connectivity index is 1.76. The van der Waals surface area contributed by atoms with E-state index in [0.717, 1.165) is 32.9 Å². The van der Waals surface area contributed by atoms with Gasteiger partial charge in [0.15, 0.2) is 5.13 Å². The summed E-state index contributed by atoms with van der Waals surface area (Å²) >= 11 is 5.12. The summed E-state index contributed by atoms with van der Waals surface area (Å²) < 4.78 is 2.24. The van der Waals surface area contributed by atoms with Gasteiger partial charge in [-0.15, -0.1) is 0 Å². The normalized spacial score (nSPS) is 10.8. The van der Waals surface area contributed by atoms with E-state index in [9.17, 15) is 0 Å². The highest BCUT2D eigenvalue weighted by Crippen LogP contribution is 2.28. The Morgan fingerprint density at radius 1 is 1.26 bits per heavy atom. The summed E-state index contributed by atoms with van der Waals surface area (Å²) in [7, 11) is 0. The maximum Gasteiger partial charge on any atom is 0.184 e. The van der Waals surface area contributed by atoms with Gasteiger partial charge in [-0.05, 0) is 36.8 Å². The van der Waals surface area contributed by atoms with Crippen molar-refractivity contribution >= 4 is 42.6 Å². The SMILES string of the molecule is Cc1ccc(CNc2nc3cc(Br)ccc3s2)cn1. The number of halogens is 1. The molecule has 0 atom stereocenters. The van der Waals surface area contributed by atoms with Crippen molar-refractivity contribution in [3.8, 4) is 0 Å². The summed E-state index contributed by atoms with van der Waals surface area (Å²) in [5, 5.41) is 4.28. The zero-order chi connectivity index (χ0) is 13.2. The highest BCUT2D eigenvalue weighted by atomic mass is 79.9. The third-order valence-corrected chi connectivity index (χ3v) is 4.25. The zero-order valence-electron chi connectivity index (χ0n) is 10.4. The van der Waals surface area contributed by atoms with E-state index >= 15 is 0 Å². The zero-order valence-corrected chi connectivity index (χ0v) is 12.8. The monoisotopic (exact) mass is 333 g/mol. The molecule has 0 aliphatic carbocycles.